The van der Waals surface area contributed by atoms with E-state index in [4.69, 9.17) is 11.6 Å². The first kappa shape index (κ1) is 21.9. The van der Waals surface area contributed by atoms with Crippen molar-refractivity contribution < 1.29 is 13.9 Å². The molecule has 0 bridgehead atoms. The fourth-order valence-corrected chi connectivity index (χ4v) is 7.29. The molecule has 7 nitrogen and oxygen atoms in total. The monoisotopic (exact) mass is 496 g/mol. The fourth-order valence-electron chi connectivity index (χ4n) is 5.29. The zero-order chi connectivity index (χ0) is 23.7. The molecule has 1 unspecified atom stereocenters. The molecule has 34 heavy (non-hydrogen) atoms. The van der Waals surface area contributed by atoms with Crippen molar-refractivity contribution in [2.24, 2.45) is 0 Å². The van der Waals surface area contributed by atoms with Crippen molar-refractivity contribution in [1.82, 2.24) is 19.7 Å². The van der Waals surface area contributed by atoms with Gasteiger partial charge in [-0.05, 0) is 42.7 Å². The quantitative estimate of drug-likeness (QED) is 0.539. The van der Waals surface area contributed by atoms with Crippen LogP contribution in [0.15, 0.2) is 54.6 Å². The van der Waals surface area contributed by atoms with Gasteiger partial charge in [0.2, 0.25) is 5.91 Å². The van der Waals surface area contributed by atoms with Gasteiger partial charge < -0.3 is 4.90 Å². The summed E-state index contributed by atoms with van der Waals surface area (Å²) >= 11 is 6.15. The maximum Gasteiger partial charge on any atom is 0.223 e. The third-order valence-electron chi connectivity index (χ3n) is 7.38. The van der Waals surface area contributed by atoms with Crippen molar-refractivity contribution in [2.45, 2.75) is 30.4 Å². The zero-order valence-electron chi connectivity index (χ0n) is 18.7. The van der Waals surface area contributed by atoms with Gasteiger partial charge in [0, 0.05) is 41.8 Å². The van der Waals surface area contributed by atoms with Crippen molar-refractivity contribution in [3.05, 3.63) is 82.4 Å². The lowest BCUT2D eigenvalue weighted by Gasteiger charge is -2.67. The van der Waals surface area contributed by atoms with Gasteiger partial charge in [0.1, 0.15) is 11.6 Å². The van der Waals surface area contributed by atoms with Crippen LogP contribution in [-0.2, 0) is 4.79 Å². The number of amides is 1. The molecule has 0 radical (unpaired) electrons. The van der Waals surface area contributed by atoms with Gasteiger partial charge in [-0.25, -0.2) is 0 Å². The molecule has 3 aliphatic rings. The van der Waals surface area contributed by atoms with Crippen LogP contribution in [0, 0.1) is 6.92 Å². The first-order valence-electron chi connectivity index (χ1n) is 11.3. The Bertz CT molecular complexity index is 1330. The topological polar surface area (TPSA) is 91.5 Å². The highest BCUT2D eigenvalue weighted by atomic mass is 35.5. The van der Waals surface area contributed by atoms with Gasteiger partial charge in [0.25, 0.3) is 0 Å². The van der Waals surface area contributed by atoms with E-state index in [0.717, 1.165) is 40.5 Å². The van der Waals surface area contributed by atoms with E-state index < -0.39 is 15.3 Å². The Labute approximate surface area is 204 Å². The number of allylic oxidation sites excluding steroid dienone is 1. The fraction of sp³-hybridized carbons (Fsp3) is 0.320. The minimum atomic E-state index is -2.56. The number of aryl methyl sites for hydroxylation is 1. The highest BCUT2D eigenvalue weighted by molar-refractivity contribution is 8.26. The summed E-state index contributed by atoms with van der Waals surface area (Å²) in [6, 6.07) is 15.8. The first-order valence-corrected chi connectivity index (χ1v) is 13.4. The predicted molar refractivity (Wildman–Crippen MR) is 134 cm³/mol. The standard InChI is InChI=1S/C25H25ClN4O3S/c1-16-27-28-24-18(13-23(31)29-14-25(15-29)10-11-34(25,32)33)12-21(17-6-8-19(26)9-7-17)20-4-2-3-5-22(20)30(16)24/h2-9,12,18,32-33H,10-11,13-15H2,1H3. The van der Waals surface area contributed by atoms with Crippen LogP contribution in [0.3, 0.4) is 0 Å². The highest BCUT2D eigenvalue weighted by Crippen LogP contribution is 2.67. The molecule has 2 saturated heterocycles. The Hall–Kier alpha value is -2.65. The molecule has 2 aromatic carbocycles. The second-order valence-corrected chi connectivity index (χ2v) is 12.5. The molecule has 1 atom stereocenters. The second-order valence-electron chi connectivity index (χ2n) is 9.41. The van der Waals surface area contributed by atoms with E-state index >= 15 is 0 Å². The molecule has 0 saturated carbocycles. The average Bonchev–Trinajstić information content (AvgIpc) is 3.10. The van der Waals surface area contributed by atoms with Crippen LogP contribution < -0.4 is 0 Å². The molecule has 1 aromatic heterocycles. The van der Waals surface area contributed by atoms with Crippen molar-refractivity contribution in [1.29, 1.82) is 0 Å². The molecule has 0 aliphatic carbocycles. The molecule has 2 N–H and O–H groups in total. The van der Waals surface area contributed by atoms with E-state index in [-0.39, 0.29) is 18.2 Å². The molecule has 1 spiro atoms. The third kappa shape index (κ3) is 3.24. The van der Waals surface area contributed by atoms with Crippen molar-refractivity contribution in [3.63, 3.8) is 0 Å². The molecular formula is C25H25ClN4O3S. The van der Waals surface area contributed by atoms with Gasteiger partial charge in [-0.1, -0.05) is 48.0 Å². The molecule has 2 fully saturated rings. The number of hydrogen-bond donors (Lipinski definition) is 2. The number of benzene rings is 2. The molecule has 3 aliphatic heterocycles. The van der Waals surface area contributed by atoms with E-state index in [1.807, 2.05) is 54.0 Å². The van der Waals surface area contributed by atoms with Crippen LogP contribution in [-0.4, -0.2) is 58.3 Å². The van der Waals surface area contributed by atoms with Crippen LogP contribution >= 0.6 is 22.2 Å². The largest absolute Gasteiger partial charge is 0.338 e. The minimum Gasteiger partial charge on any atom is -0.338 e. The molecule has 6 rings (SSSR count). The number of carbonyl (C=O) groups excluding carboxylic acids is 1. The number of para-hydroxylation sites is 1. The molecule has 176 valence electrons. The Morgan fingerprint density at radius 2 is 1.88 bits per heavy atom. The van der Waals surface area contributed by atoms with Crippen LogP contribution in [0.25, 0.3) is 11.3 Å². The minimum absolute atomic E-state index is 0.0115. The lowest BCUT2D eigenvalue weighted by molar-refractivity contribution is -0.137. The maximum absolute atomic E-state index is 13.3. The highest BCUT2D eigenvalue weighted by Gasteiger charge is 2.60. The SMILES string of the molecule is Cc1nnc2n1-c1ccccc1C(c1ccc(Cl)cc1)=CC2CC(=O)N1CC2(CCS2(O)O)C1. The zero-order valence-corrected chi connectivity index (χ0v) is 20.3. The van der Waals surface area contributed by atoms with Crippen LogP contribution in [0.1, 0.15) is 41.5 Å². The Morgan fingerprint density at radius 3 is 2.56 bits per heavy atom. The van der Waals surface area contributed by atoms with Crippen LogP contribution in [0.5, 0.6) is 0 Å². The number of carbonyl (C=O) groups is 1. The first-order chi connectivity index (χ1) is 16.3. The van der Waals surface area contributed by atoms with Crippen molar-refractivity contribution in [2.75, 3.05) is 18.8 Å². The number of hydrogen-bond acceptors (Lipinski definition) is 5. The van der Waals surface area contributed by atoms with Crippen LogP contribution in [0.4, 0.5) is 0 Å². The van der Waals surface area contributed by atoms with Crippen LogP contribution in [0.2, 0.25) is 5.02 Å². The third-order valence-corrected chi connectivity index (χ3v) is 10.3. The van der Waals surface area contributed by atoms with Gasteiger partial charge in [-0.2, -0.15) is 10.6 Å². The van der Waals surface area contributed by atoms with E-state index in [1.165, 1.54) is 0 Å². The summed E-state index contributed by atoms with van der Waals surface area (Å²) in [7, 11) is -2.56. The summed E-state index contributed by atoms with van der Waals surface area (Å²) in [6.45, 7) is 2.75. The van der Waals surface area contributed by atoms with E-state index in [0.29, 0.717) is 23.9 Å². The van der Waals surface area contributed by atoms with Gasteiger partial charge in [-0.3, -0.25) is 18.5 Å². The molecule has 9 heteroatoms. The number of likely N-dealkylation sites (tertiary alicyclic amines) is 1. The lowest BCUT2D eigenvalue weighted by atomic mass is 9.90. The molecule has 4 heterocycles. The molecule has 1 amide bonds. The number of nitrogens with zero attached hydrogens (tertiary/aromatic N) is 4. The molecule has 3 aromatic rings. The average molecular weight is 497 g/mol. The summed E-state index contributed by atoms with van der Waals surface area (Å²) in [5, 5.41) is 9.47. The Morgan fingerprint density at radius 1 is 1.15 bits per heavy atom. The normalized spacial score (nSPS) is 22.5. The van der Waals surface area contributed by atoms with E-state index in [9.17, 15) is 13.9 Å². The van der Waals surface area contributed by atoms with Gasteiger partial charge in [-0.15, -0.1) is 10.2 Å². The van der Waals surface area contributed by atoms with Gasteiger partial charge >= 0.3 is 0 Å². The van der Waals surface area contributed by atoms with Crippen molar-refractivity contribution in [3.8, 4) is 5.69 Å². The summed E-state index contributed by atoms with van der Waals surface area (Å²) < 4.78 is 22.0. The Balaban J connectivity index is 1.38. The second kappa shape index (κ2) is 7.68. The van der Waals surface area contributed by atoms with E-state index in [1.54, 1.807) is 4.90 Å². The molecular weight excluding hydrogens is 472 g/mol. The number of rotatable bonds is 3. The van der Waals surface area contributed by atoms with Crippen molar-refractivity contribution >= 4 is 33.7 Å². The van der Waals surface area contributed by atoms with Gasteiger partial charge in [0.05, 0.1) is 10.4 Å². The smallest absolute Gasteiger partial charge is 0.223 e. The Kier molecular flexibility index (Phi) is 4.94. The predicted octanol–water partition coefficient (Wildman–Crippen LogP) is 4.88. The summed E-state index contributed by atoms with van der Waals surface area (Å²) in [5.74, 6) is 1.64. The number of fused-ring (bicyclic) bond motifs is 3. The summed E-state index contributed by atoms with van der Waals surface area (Å²) in [6.07, 6.45) is 3.12. The summed E-state index contributed by atoms with van der Waals surface area (Å²) in [5.41, 5.74) is 4.04. The van der Waals surface area contributed by atoms with Gasteiger partial charge in [0.15, 0.2) is 0 Å². The summed E-state index contributed by atoms with van der Waals surface area (Å²) in [4.78, 5) is 15.0. The maximum atomic E-state index is 13.3. The number of aromatic nitrogens is 3. The van der Waals surface area contributed by atoms with E-state index in [2.05, 4.69) is 22.3 Å². The lowest BCUT2D eigenvalue weighted by Crippen LogP contribution is -2.70. The number of halogens is 1.